The van der Waals surface area contributed by atoms with Crippen LogP contribution in [0.3, 0.4) is 0 Å². The van der Waals surface area contributed by atoms with Crippen LogP contribution in [0.25, 0.3) is 0 Å². The summed E-state index contributed by atoms with van der Waals surface area (Å²) in [5, 5.41) is 0. The minimum absolute atomic E-state index is 0.0155. The summed E-state index contributed by atoms with van der Waals surface area (Å²) in [5.74, 6) is 1.84. The molecule has 54 heavy (non-hydrogen) atoms. The van der Waals surface area contributed by atoms with Gasteiger partial charge in [0, 0.05) is 57.3 Å². The highest BCUT2D eigenvalue weighted by molar-refractivity contribution is 7.04. The Morgan fingerprint density at radius 3 is 1.57 bits per heavy atom. The minimum atomic E-state index is 0.0155. The van der Waals surface area contributed by atoms with Gasteiger partial charge in [-0.05, 0) is 99.5 Å². The van der Waals surface area contributed by atoms with Crippen molar-refractivity contribution in [2.75, 3.05) is 14.7 Å². The summed E-state index contributed by atoms with van der Waals surface area (Å²) in [5.41, 5.74) is 18.1. The van der Waals surface area contributed by atoms with Crippen molar-refractivity contribution in [1.29, 1.82) is 0 Å². The van der Waals surface area contributed by atoms with Crippen LogP contribution in [0.15, 0.2) is 188 Å². The molecular formula is C48H31B2N3O. The van der Waals surface area contributed by atoms with Crippen LogP contribution < -0.4 is 52.2 Å². The van der Waals surface area contributed by atoms with Crippen molar-refractivity contribution in [2.24, 2.45) is 0 Å². The van der Waals surface area contributed by atoms with Gasteiger partial charge >= 0.3 is 0 Å². The molecule has 12 rings (SSSR count). The van der Waals surface area contributed by atoms with Crippen LogP contribution in [0.1, 0.15) is 0 Å². The third kappa shape index (κ3) is 4.05. The average molecular weight is 687 g/mol. The molecule has 0 amide bonds. The largest absolute Gasteiger partial charge is 0.458 e. The summed E-state index contributed by atoms with van der Waals surface area (Å²) in [7, 11) is 0. The first kappa shape index (κ1) is 29.6. The maximum Gasteiger partial charge on any atom is 0.256 e. The number of hydrogen-bond donors (Lipinski definition) is 0. The molecule has 0 saturated carbocycles. The Kier molecular flexibility index (Phi) is 6.20. The Morgan fingerprint density at radius 1 is 0.370 bits per heavy atom. The molecule has 250 valence electrons. The van der Waals surface area contributed by atoms with E-state index in [1.54, 1.807) is 0 Å². The molecular weight excluding hydrogens is 656 g/mol. The van der Waals surface area contributed by atoms with Crippen LogP contribution in [-0.2, 0) is 0 Å². The lowest BCUT2D eigenvalue weighted by Gasteiger charge is -2.49. The smallest absolute Gasteiger partial charge is 0.256 e. The molecule has 4 heterocycles. The van der Waals surface area contributed by atoms with Gasteiger partial charge < -0.3 is 19.4 Å². The SMILES string of the molecule is c1ccc(N(c2ccccc2)c2ccc3c(c2)N(c2ccccc2)c2cc4c5c6c2B3c2ccccc2N6c2ccccc2B5c2ccccc2O4)cc1. The van der Waals surface area contributed by atoms with Gasteiger partial charge in [-0.3, -0.25) is 0 Å². The van der Waals surface area contributed by atoms with E-state index in [9.17, 15) is 0 Å². The Bertz CT molecular complexity index is 2750. The first-order valence-corrected chi connectivity index (χ1v) is 18.7. The Labute approximate surface area is 315 Å². The predicted molar refractivity (Wildman–Crippen MR) is 226 cm³/mol. The second kappa shape index (κ2) is 11.3. The summed E-state index contributed by atoms with van der Waals surface area (Å²) in [6.45, 7) is 0.0737. The summed E-state index contributed by atoms with van der Waals surface area (Å²) >= 11 is 0. The van der Waals surface area contributed by atoms with E-state index in [0.29, 0.717) is 0 Å². The quantitative estimate of drug-likeness (QED) is 0.174. The fourth-order valence-corrected chi connectivity index (χ4v) is 9.56. The number of benzene rings is 8. The van der Waals surface area contributed by atoms with Crippen LogP contribution in [0.4, 0.5) is 51.2 Å². The third-order valence-corrected chi connectivity index (χ3v) is 11.7. The number of rotatable bonds is 4. The monoisotopic (exact) mass is 687 g/mol. The number of fused-ring (bicyclic) bond motifs is 10. The van der Waals surface area contributed by atoms with Crippen molar-refractivity contribution in [1.82, 2.24) is 0 Å². The first-order chi connectivity index (χ1) is 26.8. The van der Waals surface area contributed by atoms with E-state index >= 15 is 0 Å². The fraction of sp³-hybridized carbons (Fsp3) is 0. The molecule has 8 aromatic carbocycles. The van der Waals surface area contributed by atoms with E-state index in [0.717, 1.165) is 45.6 Å². The fourth-order valence-electron chi connectivity index (χ4n) is 9.56. The van der Waals surface area contributed by atoms with Crippen molar-refractivity contribution in [3.8, 4) is 11.5 Å². The second-order valence-corrected chi connectivity index (χ2v) is 14.4. The molecule has 0 atom stereocenters. The topological polar surface area (TPSA) is 19.0 Å². The van der Waals surface area contributed by atoms with E-state index in [2.05, 4.69) is 203 Å². The first-order valence-electron chi connectivity index (χ1n) is 18.7. The van der Waals surface area contributed by atoms with Crippen LogP contribution in [0, 0.1) is 0 Å². The lowest BCUT2D eigenvalue weighted by molar-refractivity contribution is 0.488. The molecule has 0 aromatic heterocycles. The molecule has 4 nitrogen and oxygen atoms in total. The summed E-state index contributed by atoms with van der Waals surface area (Å²) in [6.07, 6.45) is 0. The zero-order chi connectivity index (χ0) is 35.3. The molecule has 0 unspecified atom stereocenters. The average Bonchev–Trinajstić information content (AvgIpc) is 3.24. The molecule has 6 heteroatoms. The highest BCUT2D eigenvalue weighted by Gasteiger charge is 2.50. The summed E-state index contributed by atoms with van der Waals surface area (Å²) < 4.78 is 6.99. The molecule has 4 aliphatic heterocycles. The van der Waals surface area contributed by atoms with Gasteiger partial charge in [0.2, 0.25) is 0 Å². The van der Waals surface area contributed by atoms with Crippen LogP contribution in [0.5, 0.6) is 11.5 Å². The third-order valence-electron chi connectivity index (χ3n) is 11.7. The highest BCUT2D eigenvalue weighted by atomic mass is 16.5. The lowest BCUT2D eigenvalue weighted by atomic mass is 9.29. The number of hydrogen-bond acceptors (Lipinski definition) is 4. The zero-order valence-electron chi connectivity index (χ0n) is 29.3. The van der Waals surface area contributed by atoms with E-state index in [1.807, 2.05) is 0 Å². The summed E-state index contributed by atoms with van der Waals surface area (Å²) in [6, 6.07) is 68.1. The van der Waals surface area contributed by atoms with Gasteiger partial charge in [0.1, 0.15) is 11.5 Å². The molecule has 0 saturated heterocycles. The molecule has 0 N–H and O–H groups in total. The minimum Gasteiger partial charge on any atom is -0.458 e. The van der Waals surface area contributed by atoms with Gasteiger partial charge in [0.25, 0.3) is 13.4 Å². The van der Waals surface area contributed by atoms with E-state index < -0.39 is 0 Å². The zero-order valence-corrected chi connectivity index (χ0v) is 29.3. The van der Waals surface area contributed by atoms with Crippen LogP contribution >= 0.6 is 0 Å². The standard InChI is InChI=1S/C48H31B2N3O/c1-4-16-32(17-5-1)51(33-18-6-2-7-19-33)35-28-29-38-42(30-35)52(34-20-8-3-9-21-34)43-31-45-47-48-46(43)49(38)36-22-10-13-25-40(36)53(48)41-26-14-11-23-37(41)50(47)39-24-12-15-27-44(39)54-45/h1-31H. The molecule has 0 aliphatic carbocycles. The Morgan fingerprint density at radius 2 is 0.907 bits per heavy atom. The number of nitrogens with zero attached hydrogens (tertiary/aromatic N) is 3. The second-order valence-electron chi connectivity index (χ2n) is 14.4. The van der Waals surface area contributed by atoms with E-state index in [-0.39, 0.29) is 13.4 Å². The molecule has 0 fully saturated rings. The van der Waals surface area contributed by atoms with Crippen molar-refractivity contribution < 1.29 is 4.74 Å². The van der Waals surface area contributed by atoms with Gasteiger partial charge in [-0.25, -0.2) is 0 Å². The van der Waals surface area contributed by atoms with Crippen molar-refractivity contribution >= 4 is 97.4 Å². The molecule has 8 aromatic rings. The van der Waals surface area contributed by atoms with Crippen LogP contribution in [-0.4, -0.2) is 13.4 Å². The van der Waals surface area contributed by atoms with Crippen molar-refractivity contribution in [2.45, 2.75) is 0 Å². The Hall–Kier alpha value is -6.91. The van der Waals surface area contributed by atoms with Gasteiger partial charge in [-0.1, -0.05) is 115 Å². The molecule has 0 spiro atoms. The van der Waals surface area contributed by atoms with E-state index in [1.165, 1.54) is 49.8 Å². The normalized spacial score (nSPS) is 13.6. The Balaban J connectivity index is 1.18. The van der Waals surface area contributed by atoms with Gasteiger partial charge in [-0.2, -0.15) is 0 Å². The maximum atomic E-state index is 6.99. The van der Waals surface area contributed by atoms with E-state index in [4.69, 9.17) is 4.74 Å². The van der Waals surface area contributed by atoms with Gasteiger partial charge in [-0.15, -0.1) is 0 Å². The highest BCUT2D eigenvalue weighted by Crippen LogP contribution is 2.48. The molecule has 0 bridgehead atoms. The van der Waals surface area contributed by atoms with Gasteiger partial charge in [0.15, 0.2) is 0 Å². The van der Waals surface area contributed by atoms with Crippen LogP contribution in [0.2, 0.25) is 0 Å². The number of anilines is 9. The lowest BCUT2D eigenvalue weighted by Crippen LogP contribution is -2.67. The molecule has 0 radical (unpaired) electrons. The summed E-state index contributed by atoms with van der Waals surface area (Å²) in [4.78, 5) is 7.36. The van der Waals surface area contributed by atoms with Crippen molar-refractivity contribution in [3.05, 3.63) is 188 Å². The van der Waals surface area contributed by atoms with Crippen molar-refractivity contribution in [3.63, 3.8) is 0 Å². The number of para-hydroxylation sites is 6. The molecule has 4 aliphatic rings. The maximum absolute atomic E-state index is 6.99. The number of ether oxygens (including phenoxy) is 1. The van der Waals surface area contributed by atoms with Gasteiger partial charge in [0.05, 0.1) is 0 Å². The predicted octanol–water partition coefficient (Wildman–Crippen LogP) is 8.17.